The number of rotatable bonds is 5. The van der Waals surface area contributed by atoms with Gasteiger partial charge in [-0.3, -0.25) is 9.98 Å². The first-order chi connectivity index (χ1) is 10.8. The highest BCUT2D eigenvalue weighted by molar-refractivity contribution is 14.0. The van der Waals surface area contributed by atoms with Crippen LogP contribution in [0.15, 0.2) is 29.4 Å². The molecule has 0 aromatic carbocycles. The van der Waals surface area contributed by atoms with Gasteiger partial charge >= 0.3 is 0 Å². The van der Waals surface area contributed by atoms with Gasteiger partial charge in [-0.25, -0.2) is 0 Å². The van der Waals surface area contributed by atoms with Crippen LogP contribution in [0.4, 0.5) is 0 Å². The number of aromatic nitrogens is 1. The molecule has 0 spiro atoms. The Morgan fingerprint density at radius 1 is 1.30 bits per heavy atom. The van der Waals surface area contributed by atoms with Crippen molar-refractivity contribution >= 4 is 29.9 Å². The summed E-state index contributed by atoms with van der Waals surface area (Å²) in [6, 6.07) is 5.96. The molecule has 2 aliphatic heterocycles. The van der Waals surface area contributed by atoms with Crippen molar-refractivity contribution in [2.45, 2.75) is 31.4 Å². The van der Waals surface area contributed by atoms with Crippen LogP contribution < -0.4 is 5.32 Å². The Labute approximate surface area is 154 Å². The van der Waals surface area contributed by atoms with Crippen molar-refractivity contribution in [1.82, 2.24) is 15.2 Å². The first-order valence-electron chi connectivity index (χ1n) is 7.99. The van der Waals surface area contributed by atoms with Crippen LogP contribution in [0.1, 0.15) is 25.0 Å². The maximum atomic E-state index is 10.5. The van der Waals surface area contributed by atoms with Gasteiger partial charge in [0, 0.05) is 32.5 Å². The zero-order valence-corrected chi connectivity index (χ0v) is 15.6. The summed E-state index contributed by atoms with van der Waals surface area (Å²) in [5, 5.41) is 13.8. The lowest BCUT2D eigenvalue weighted by molar-refractivity contribution is -0.0669. The maximum Gasteiger partial charge on any atom is 0.194 e. The van der Waals surface area contributed by atoms with E-state index in [2.05, 4.69) is 20.2 Å². The Kier molecular flexibility index (Phi) is 7.04. The Morgan fingerprint density at radius 3 is 2.87 bits per heavy atom. The highest BCUT2D eigenvalue weighted by atomic mass is 127. The summed E-state index contributed by atoms with van der Waals surface area (Å²) in [6.45, 7) is 4.54. The number of aliphatic imine (C=N–C) groups is 1. The second-order valence-electron chi connectivity index (χ2n) is 5.96. The average Bonchev–Trinajstić information content (AvgIpc) is 2.96. The van der Waals surface area contributed by atoms with Crippen molar-refractivity contribution in [1.29, 1.82) is 0 Å². The van der Waals surface area contributed by atoms with Crippen molar-refractivity contribution in [2.24, 2.45) is 4.99 Å². The molecule has 23 heavy (non-hydrogen) atoms. The number of nitrogens with one attached hydrogen (secondary N) is 1. The number of halogens is 1. The van der Waals surface area contributed by atoms with Crippen LogP contribution in [0, 0.1) is 0 Å². The summed E-state index contributed by atoms with van der Waals surface area (Å²) in [4.78, 5) is 11.1. The van der Waals surface area contributed by atoms with Crippen molar-refractivity contribution in [3.63, 3.8) is 0 Å². The summed E-state index contributed by atoms with van der Waals surface area (Å²) < 4.78 is 5.31. The molecule has 1 saturated heterocycles. The molecule has 0 radical (unpaired) electrons. The zero-order chi connectivity index (χ0) is 15.3. The largest absolute Gasteiger partial charge is 0.390 e. The predicted octanol–water partition coefficient (Wildman–Crippen LogP) is 1.39. The minimum Gasteiger partial charge on any atom is -0.390 e. The topological polar surface area (TPSA) is 70.0 Å². The highest BCUT2D eigenvalue weighted by Crippen LogP contribution is 2.23. The smallest absolute Gasteiger partial charge is 0.194 e. The first kappa shape index (κ1) is 18.4. The average molecular weight is 432 g/mol. The van der Waals surface area contributed by atoms with Gasteiger partial charge < -0.3 is 20.1 Å². The summed E-state index contributed by atoms with van der Waals surface area (Å²) in [5.74, 6) is 0.918. The second-order valence-corrected chi connectivity index (χ2v) is 5.96. The van der Waals surface area contributed by atoms with E-state index in [-0.39, 0.29) is 24.0 Å². The number of pyridine rings is 1. The van der Waals surface area contributed by atoms with Gasteiger partial charge in [0.05, 0.1) is 24.4 Å². The molecule has 0 aliphatic carbocycles. The molecule has 3 rings (SSSR count). The van der Waals surface area contributed by atoms with E-state index in [0.29, 0.717) is 13.2 Å². The Bertz CT molecular complexity index is 506. The zero-order valence-electron chi connectivity index (χ0n) is 13.3. The van der Waals surface area contributed by atoms with Crippen LogP contribution in [0.3, 0.4) is 0 Å². The maximum absolute atomic E-state index is 10.5. The monoisotopic (exact) mass is 432 g/mol. The summed E-state index contributed by atoms with van der Waals surface area (Å²) >= 11 is 0. The number of ether oxygens (including phenoxy) is 1. The fourth-order valence-electron chi connectivity index (χ4n) is 2.90. The number of guanidine groups is 1. The number of hydrogen-bond acceptors (Lipinski definition) is 6. The van der Waals surface area contributed by atoms with Gasteiger partial charge in [-0.1, -0.05) is 6.07 Å². The molecule has 1 aromatic rings. The van der Waals surface area contributed by atoms with E-state index in [1.54, 1.807) is 0 Å². The third-order valence-electron chi connectivity index (χ3n) is 4.31. The van der Waals surface area contributed by atoms with E-state index in [0.717, 1.165) is 57.1 Å². The van der Waals surface area contributed by atoms with E-state index >= 15 is 0 Å². The van der Waals surface area contributed by atoms with Crippen LogP contribution in [-0.4, -0.2) is 59.4 Å². The predicted molar refractivity (Wildman–Crippen MR) is 100.0 cm³/mol. The SMILES string of the molecule is I.OC1(CCNC2=NCCN2Cc2ccccn2)CCOCC1. The fraction of sp³-hybridized carbons (Fsp3) is 0.625. The van der Waals surface area contributed by atoms with Gasteiger partial charge in [-0.2, -0.15) is 0 Å². The number of hydrogen-bond donors (Lipinski definition) is 2. The Morgan fingerprint density at radius 2 is 2.13 bits per heavy atom. The lowest BCUT2D eigenvalue weighted by Crippen LogP contribution is -2.43. The molecule has 1 fully saturated rings. The third kappa shape index (κ3) is 5.29. The molecule has 3 heterocycles. The first-order valence-corrected chi connectivity index (χ1v) is 7.99. The molecule has 0 bridgehead atoms. The van der Waals surface area contributed by atoms with Crippen molar-refractivity contribution in [2.75, 3.05) is 32.8 Å². The molecule has 0 unspecified atom stereocenters. The standard InChI is InChI=1S/C16H24N4O2.HI/c21-16(5-11-22-12-6-16)4-8-18-15-19-9-10-20(15)13-14-3-1-2-7-17-14;/h1-3,7,21H,4-6,8-13H2,(H,18,19);1H. The molecule has 1 aromatic heterocycles. The summed E-state index contributed by atoms with van der Waals surface area (Å²) in [6.07, 6.45) is 3.99. The van der Waals surface area contributed by atoms with E-state index in [1.165, 1.54) is 0 Å². The Balaban J connectivity index is 0.00000192. The highest BCUT2D eigenvalue weighted by Gasteiger charge is 2.29. The molecule has 128 valence electrons. The Hall–Kier alpha value is -0.930. The molecule has 0 amide bonds. The van der Waals surface area contributed by atoms with E-state index < -0.39 is 5.60 Å². The number of aliphatic hydroxyl groups is 1. The van der Waals surface area contributed by atoms with Crippen LogP contribution in [0.5, 0.6) is 0 Å². The van der Waals surface area contributed by atoms with E-state index in [4.69, 9.17) is 4.74 Å². The summed E-state index contributed by atoms with van der Waals surface area (Å²) in [5.41, 5.74) is 0.456. The lowest BCUT2D eigenvalue weighted by atomic mass is 9.91. The second kappa shape index (κ2) is 8.79. The van der Waals surface area contributed by atoms with Crippen LogP contribution >= 0.6 is 24.0 Å². The minimum absolute atomic E-state index is 0. The van der Waals surface area contributed by atoms with E-state index in [1.807, 2.05) is 24.4 Å². The van der Waals surface area contributed by atoms with Gasteiger partial charge in [0.1, 0.15) is 0 Å². The van der Waals surface area contributed by atoms with E-state index in [9.17, 15) is 5.11 Å². The van der Waals surface area contributed by atoms with Crippen molar-refractivity contribution in [3.05, 3.63) is 30.1 Å². The fourth-order valence-corrected chi connectivity index (χ4v) is 2.90. The van der Waals surface area contributed by atoms with Crippen LogP contribution in [0.25, 0.3) is 0 Å². The van der Waals surface area contributed by atoms with Crippen molar-refractivity contribution < 1.29 is 9.84 Å². The third-order valence-corrected chi connectivity index (χ3v) is 4.31. The molecule has 0 saturated carbocycles. The van der Waals surface area contributed by atoms with Crippen molar-refractivity contribution in [3.8, 4) is 0 Å². The summed E-state index contributed by atoms with van der Waals surface area (Å²) in [7, 11) is 0. The quantitative estimate of drug-likeness (QED) is 0.689. The molecule has 7 heteroatoms. The normalized spacial score (nSPS) is 19.9. The minimum atomic E-state index is -0.587. The molecule has 2 N–H and O–H groups in total. The number of nitrogens with zero attached hydrogens (tertiary/aromatic N) is 3. The molecule has 0 atom stereocenters. The molecular weight excluding hydrogens is 407 g/mol. The van der Waals surface area contributed by atoms with Gasteiger partial charge in [-0.15, -0.1) is 24.0 Å². The van der Waals surface area contributed by atoms with Gasteiger partial charge in [-0.05, 0) is 31.4 Å². The molecule has 2 aliphatic rings. The van der Waals surface area contributed by atoms with Crippen LogP contribution in [0.2, 0.25) is 0 Å². The molecular formula is C16H25IN4O2. The van der Waals surface area contributed by atoms with Gasteiger partial charge in [0.15, 0.2) is 5.96 Å². The van der Waals surface area contributed by atoms with Gasteiger partial charge in [0.25, 0.3) is 0 Å². The molecule has 6 nitrogen and oxygen atoms in total. The van der Waals surface area contributed by atoms with Gasteiger partial charge in [0.2, 0.25) is 0 Å². The van der Waals surface area contributed by atoms with Crippen LogP contribution in [-0.2, 0) is 11.3 Å². The lowest BCUT2D eigenvalue weighted by Gasteiger charge is -2.32.